The van der Waals surface area contributed by atoms with Gasteiger partial charge >= 0.3 is 0 Å². The molecule has 5 N–H and O–H groups in total. The highest BCUT2D eigenvalue weighted by Crippen LogP contribution is 2.68. The number of hydrogen-bond acceptors (Lipinski definition) is 6. The lowest BCUT2D eigenvalue weighted by molar-refractivity contribution is -0.172. The third kappa shape index (κ3) is 3.76. The molecule has 6 heteroatoms. The Hall–Kier alpha value is -0.790. The van der Waals surface area contributed by atoms with Crippen molar-refractivity contribution in [1.29, 1.82) is 0 Å². The Labute approximate surface area is 198 Å². The number of fused-ring (bicyclic) bond motifs is 5. The molecule has 0 bridgehead atoms. The molecule has 6 nitrogen and oxygen atoms in total. The zero-order valence-corrected chi connectivity index (χ0v) is 21.0. The standard InChI is InChI=1S/C27H44O6/c1-23(2,31)10-9-22(30)26(5,32)21-8-13-27(33)18-15-20(29)19-14-16(28)6-11-24(19,3)17(18)7-12-25(21,27)4/h15-17,19,21-22,28,30-33H,6-14H2,1-5H3/t16-,17+,19+,21+,22-,24-,25-,26-,27-/m1/s1. The maximum Gasteiger partial charge on any atom is 0.159 e. The van der Waals surface area contributed by atoms with Crippen LogP contribution >= 0.6 is 0 Å². The number of aliphatic hydroxyl groups excluding tert-OH is 2. The van der Waals surface area contributed by atoms with Crippen LogP contribution in [0.2, 0.25) is 0 Å². The van der Waals surface area contributed by atoms with Crippen molar-refractivity contribution in [2.75, 3.05) is 0 Å². The smallest absolute Gasteiger partial charge is 0.159 e. The van der Waals surface area contributed by atoms with Gasteiger partial charge in [-0.25, -0.2) is 0 Å². The summed E-state index contributed by atoms with van der Waals surface area (Å²) in [5, 5.41) is 55.0. The van der Waals surface area contributed by atoms with Gasteiger partial charge in [-0.15, -0.1) is 0 Å². The van der Waals surface area contributed by atoms with Gasteiger partial charge in [0.15, 0.2) is 5.78 Å². The van der Waals surface area contributed by atoms with E-state index in [4.69, 9.17) is 0 Å². The molecule has 3 saturated carbocycles. The van der Waals surface area contributed by atoms with Gasteiger partial charge < -0.3 is 25.5 Å². The first kappa shape index (κ1) is 25.3. The fourth-order valence-electron chi connectivity index (χ4n) is 8.27. The number of aliphatic hydroxyl groups is 5. The summed E-state index contributed by atoms with van der Waals surface area (Å²) in [4.78, 5) is 13.2. The van der Waals surface area contributed by atoms with Gasteiger partial charge in [0, 0.05) is 11.3 Å². The molecular formula is C27H44O6. The summed E-state index contributed by atoms with van der Waals surface area (Å²) in [5.74, 6) is -0.426. The maximum atomic E-state index is 13.2. The average Bonchev–Trinajstić information content (AvgIpc) is 2.99. The molecular weight excluding hydrogens is 420 g/mol. The van der Waals surface area contributed by atoms with E-state index in [1.165, 1.54) is 0 Å². The van der Waals surface area contributed by atoms with Crippen molar-refractivity contribution in [1.82, 2.24) is 0 Å². The molecule has 0 unspecified atom stereocenters. The highest BCUT2D eigenvalue weighted by Gasteiger charge is 2.68. The van der Waals surface area contributed by atoms with E-state index in [-0.39, 0.29) is 35.4 Å². The number of carbonyl (C=O) groups is 1. The first-order valence-corrected chi connectivity index (χ1v) is 12.9. The van der Waals surface area contributed by atoms with E-state index >= 15 is 0 Å². The highest BCUT2D eigenvalue weighted by atomic mass is 16.3. The third-order valence-corrected chi connectivity index (χ3v) is 10.5. The molecule has 0 amide bonds. The lowest BCUT2D eigenvalue weighted by Gasteiger charge is -2.60. The SMILES string of the molecule is CC(C)(O)CC[C@@H](O)[C@](C)(O)[C@H]1CC[C@@]2(O)C3=CC(=O)[C@@H]4C[C@H](O)CC[C@]4(C)[C@H]3CC[C@]12C. The molecule has 0 aromatic heterocycles. The van der Waals surface area contributed by atoms with Crippen molar-refractivity contribution >= 4 is 5.78 Å². The van der Waals surface area contributed by atoms with Gasteiger partial charge in [0.25, 0.3) is 0 Å². The lowest BCUT2D eigenvalue weighted by Crippen LogP contribution is -2.62. The largest absolute Gasteiger partial charge is 0.393 e. The molecule has 0 radical (unpaired) electrons. The summed E-state index contributed by atoms with van der Waals surface area (Å²) in [6, 6.07) is 0. The summed E-state index contributed by atoms with van der Waals surface area (Å²) in [5.41, 5.74) is -3.64. The molecule has 188 valence electrons. The second-order valence-electron chi connectivity index (χ2n) is 13.0. The van der Waals surface area contributed by atoms with Crippen molar-refractivity contribution in [3.63, 3.8) is 0 Å². The van der Waals surface area contributed by atoms with Crippen LogP contribution in [0.5, 0.6) is 0 Å². The van der Waals surface area contributed by atoms with Crippen LogP contribution in [0.4, 0.5) is 0 Å². The summed E-state index contributed by atoms with van der Waals surface area (Å²) >= 11 is 0. The van der Waals surface area contributed by atoms with Crippen molar-refractivity contribution in [2.24, 2.45) is 28.6 Å². The summed E-state index contributed by atoms with van der Waals surface area (Å²) < 4.78 is 0. The number of allylic oxidation sites excluding steroid dienone is 1. The van der Waals surface area contributed by atoms with Gasteiger partial charge in [-0.3, -0.25) is 4.79 Å². The Morgan fingerprint density at radius 1 is 1.06 bits per heavy atom. The quantitative estimate of drug-likeness (QED) is 0.427. The predicted octanol–water partition coefficient (Wildman–Crippen LogP) is 2.88. The Kier molecular flexibility index (Phi) is 6.03. The van der Waals surface area contributed by atoms with Gasteiger partial charge in [-0.05, 0) is 107 Å². The van der Waals surface area contributed by atoms with Crippen LogP contribution in [0.25, 0.3) is 0 Å². The van der Waals surface area contributed by atoms with Crippen LogP contribution in [-0.4, -0.2) is 60.3 Å². The van der Waals surface area contributed by atoms with Crippen LogP contribution in [0, 0.1) is 28.6 Å². The Morgan fingerprint density at radius 2 is 1.73 bits per heavy atom. The molecule has 4 aliphatic rings. The minimum atomic E-state index is -1.42. The molecule has 3 fully saturated rings. The van der Waals surface area contributed by atoms with Crippen molar-refractivity contribution in [2.45, 2.75) is 121 Å². The first-order valence-electron chi connectivity index (χ1n) is 12.9. The Balaban J connectivity index is 1.65. The predicted molar refractivity (Wildman–Crippen MR) is 125 cm³/mol. The van der Waals surface area contributed by atoms with Crippen LogP contribution in [-0.2, 0) is 4.79 Å². The molecule has 4 aliphatic carbocycles. The topological polar surface area (TPSA) is 118 Å². The fraction of sp³-hybridized carbons (Fsp3) is 0.889. The van der Waals surface area contributed by atoms with E-state index < -0.39 is 34.4 Å². The summed E-state index contributed by atoms with van der Waals surface area (Å²) in [6.07, 6.45) is 5.38. The second kappa shape index (κ2) is 7.86. The van der Waals surface area contributed by atoms with Gasteiger partial charge in [-0.2, -0.15) is 0 Å². The minimum absolute atomic E-state index is 0.0144. The fourth-order valence-corrected chi connectivity index (χ4v) is 8.27. The van der Waals surface area contributed by atoms with E-state index in [1.807, 2.05) is 6.92 Å². The molecule has 33 heavy (non-hydrogen) atoms. The normalized spacial score (nSPS) is 46.0. The van der Waals surface area contributed by atoms with E-state index in [2.05, 4.69) is 6.92 Å². The molecule has 0 aromatic rings. The molecule has 0 aliphatic heterocycles. The maximum absolute atomic E-state index is 13.2. The summed E-state index contributed by atoms with van der Waals surface area (Å²) in [6.45, 7) is 9.22. The lowest BCUT2D eigenvalue weighted by atomic mass is 9.46. The Bertz CT molecular complexity index is 827. The van der Waals surface area contributed by atoms with Gasteiger partial charge in [0.1, 0.15) is 0 Å². The summed E-state index contributed by atoms with van der Waals surface area (Å²) in [7, 11) is 0. The third-order valence-electron chi connectivity index (χ3n) is 10.5. The highest BCUT2D eigenvalue weighted by molar-refractivity contribution is 5.95. The number of rotatable bonds is 5. The molecule has 0 heterocycles. The number of hydrogen-bond donors (Lipinski definition) is 5. The molecule has 4 rings (SSSR count). The van der Waals surface area contributed by atoms with Crippen LogP contribution < -0.4 is 0 Å². The van der Waals surface area contributed by atoms with E-state index in [0.717, 1.165) is 18.4 Å². The van der Waals surface area contributed by atoms with E-state index in [1.54, 1.807) is 26.8 Å². The van der Waals surface area contributed by atoms with Gasteiger partial charge in [0.05, 0.1) is 29.0 Å². The van der Waals surface area contributed by atoms with Crippen molar-refractivity contribution < 1.29 is 30.3 Å². The van der Waals surface area contributed by atoms with E-state index in [9.17, 15) is 30.3 Å². The van der Waals surface area contributed by atoms with Crippen LogP contribution in [0.3, 0.4) is 0 Å². The number of ketones is 1. The molecule has 0 aromatic carbocycles. The zero-order chi connectivity index (χ0) is 24.6. The van der Waals surface area contributed by atoms with Crippen molar-refractivity contribution in [3.05, 3.63) is 11.6 Å². The molecule has 0 spiro atoms. The molecule has 9 atom stereocenters. The number of carbonyl (C=O) groups excluding carboxylic acids is 1. The van der Waals surface area contributed by atoms with Crippen LogP contribution in [0.15, 0.2) is 11.6 Å². The van der Waals surface area contributed by atoms with Crippen LogP contribution in [0.1, 0.15) is 92.4 Å². The second-order valence-corrected chi connectivity index (χ2v) is 13.0. The average molecular weight is 465 g/mol. The first-order chi connectivity index (χ1) is 15.1. The monoisotopic (exact) mass is 464 g/mol. The van der Waals surface area contributed by atoms with Gasteiger partial charge in [0.2, 0.25) is 0 Å². The molecule has 0 saturated heterocycles. The zero-order valence-electron chi connectivity index (χ0n) is 21.0. The van der Waals surface area contributed by atoms with Crippen molar-refractivity contribution in [3.8, 4) is 0 Å². The van der Waals surface area contributed by atoms with Gasteiger partial charge in [-0.1, -0.05) is 13.8 Å². The van der Waals surface area contributed by atoms with E-state index in [0.29, 0.717) is 38.5 Å². The Morgan fingerprint density at radius 3 is 2.36 bits per heavy atom. The minimum Gasteiger partial charge on any atom is -0.393 e.